The molecule has 1 heterocycles. The molecule has 1 atom stereocenters. The Bertz CT molecular complexity index is 1140. The van der Waals surface area contributed by atoms with E-state index in [-0.39, 0.29) is 6.04 Å². The summed E-state index contributed by atoms with van der Waals surface area (Å²) in [6.07, 6.45) is 9.79. The highest BCUT2D eigenvalue weighted by Gasteiger charge is 2.34. The fourth-order valence-electron chi connectivity index (χ4n) is 4.19. The van der Waals surface area contributed by atoms with Crippen LogP contribution in [0.15, 0.2) is 77.9 Å². The second kappa shape index (κ2) is 11.1. The summed E-state index contributed by atoms with van der Waals surface area (Å²) >= 11 is 6.03. The number of halogens is 1. The Morgan fingerprint density at radius 3 is 2.40 bits per heavy atom. The lowest BCUT2D eigenvalue weighted by molar-refractivity contribution is -0.122. The van der Waals surface area contributed by atoms with Crippen LogP contribution in [-0.2, 0) is 4.79 Å². The van der Waals surface area contributed by atoms with Gasteiger partial charge in [0.1, 0.15) is 11.8 Å². The molecule has 2 aromatic rings. The Morgan fingerprint density at radius 1 is 1.11 bits per heavy atom. The summed E-state index contributed by atoms with van der Waals surface area (Å²) < 4.78 is 5.50. The number of carbonyl (C=O) groups excluding carboxylic acids is 2. The third-order valence-electron chi connectivity index (χ3n) is 5.88. The van der Waals surface area contributed by atoms with E-state index in [1.165, 1.54) is 12.0 Å². The van der Waals surface area contributed by atoms with Crippen molar-refractivity contribution < 1.29 is 14.3 Å². The van der Waals surface area contributed by atoms with Crippen molar-refractivity contribution in [1.29, 1.82) is 0 Å². The van der Waals surface area contributed by atoms with Gasteiger partial charge in [-0.3, -0.25) is 14.7 Å². The summed E-state index contributed by atoms with van der Waals surface area (Å²) in [6.45, 7) is 1.92. The second-order valence-corrected chi connectivity index (χ2v) is 8.70. The lowest BCUT2D eigenvalue weighted by Crippen LogP contribution is -2.48. The van der Waals surface area contributed by atoms with E-state index < -0.39 is 18.0 Å². The quantitative estimate of drug-likeness (QED) is 0.608. The molecule has 3 amide bonds. The number of methoxy groups -OCH3 is 1. The molecule has 35 heavy (non-hydrogen) atoms. The minimum atomic E-state index is -1.08. The van der Waals surface area contributed by atoms with Gasteiger partial charge in [-0.05, 0) is 55.3 Å². The minimum absolute atomic E-state index is 0.378. The number of hydrazone groups is 1. The average Bonchev–Trinajstić information content (AvgIpc) is 3.37. The van der Waals surface area contributed by atoms with E-state index in [0.29, 0.717) is 22.0 Å². The van der Waals surface area contributed by atoms with E-state index in [9.17, 15) is 9.59 Å². The van der Waals surface area contributed by atoms with Crippen LogP contribution in [0.1, 0.15) is 24.4 Å². The number of hydrogen-bond donors (Lipinski definition) is 2. The van der Waals surface area contributed by atoms with E-state index in [0.717, 1.165) is 31.6 Å². The third kappa shape index (κ3) is 5.84. The van der Waals surface area contributed by atoms with Crippen molar-refractivity contribution >= 4 is 34.9 Å². The van der Waals surface area contributed by atoms with Crippen molar-refractivity contribution in [2.24, 2.45) is 10.8 Å². The number of para-hydroxylation sites is 1. The molecule has 0 bridgehead atoms. The third-order valence-corrected chi connectivity index (χ3v) is 6.13. The van der Waals surface area contributed by atoms with Crippen LogP contribution < -0.4 is 20.7 Å². The van der Waals surface area contributed by atoms with Gasteiger partial charge in [0.05, 0.1) is 18.9 Å². The summed E-state index contributed by atoms with van der Waals surface area (Å²) in [5, 5.41) is 10.2. The molecule has 0 aromatic heterocycles. The average molecular weight is 494 g/mol. The number of carbonyl (C=O) groups is 2. The number of ether oxygens (including phenoxy) is 1. The Kier molecular flexibility index (Phi) is 7.72. The molecule has 1 aliphatic carbocycles. The Labute approximate surface area is 209 Å². The molecule has 3 N–H and O–H groups in total. The normalized spacial score (nSPS) is 17.7. The van der Waals surface area contributed by atoms with Gasteiger partial charge in [0, 0.05) is 29.4 Å². The highest BCUT2D eigenvalue weighted by Crippen LogP contribution is 2.33. The topological polar surface area (TPSA) is 100 Å². The van der Waals surface area contributed by atoms with Crippen LogP contribution in [-0.4, -0.2) is 48.9 Å². The predicted octanol–water partition coefficient (Wildman–Crippen LogP) is 4.04. The van der Waals surface area contributed by atoms with Crippen molar-refractivity contribution in [2.45, 2.75) is 24.9 Å². The number of urea groups is 1. The fourth-order valence-corrected chi connectivity index (χ4v) is 4.32. The smallest absolute Gasteiger partial charge is 0.320 e. The van der Waals surface area contributed by atoms with E-state index in [1.54, 1.807) is 48.5 Å². The molecule has 1 fully saturated rings. The van der Waals surface area contributed by atoms with Crippen molar-refractivity contribution in [3.05, 3.63) is 83.4 Å². The van der Waals surface area contributed by atoms with Gasteiger partial charge in [-0.1, -0.05) is 42.0 Å². The van der Waals surface area contributed by atoms with Crippen molar-refractivity contribution in [3.8, 4) is 5.75 Å². The summed E-state index contributed by atoms with van der Waals surface area (Å²) in [5.74, 6) is 0.0464. The van der Waals surface area contributed by atoms with Crippen LogP contribution in [0, 0.1) is 0 Å². The number of nitrogens with two attached hydrogens (primary N) is 1. The lowest BCUT2D eigenvalue weighted by Gasteiger charge is -2.31. The van der Waals surface area contributed by atoms with Crippen LogP contribution >= 0.6 is 11.6 Å². The molecule has 8 nitrogen and oxygen atoms in total. The van der Waals surface area contributed by atoms with Gasteiger partial charge in [-0.2, -0.15) is 5.10 Å². The van der Waals surface area contributed by atoms with Crippen LogP contribution in [0.4, 0.5) is 10.5 Å². The molecule has 9 heteroatoms. The predicted molar refractivity (Wildman–Crippen MR) is 138 cm³/mol. The zero-order valence-corrected chi connectivity index (χ0v) is 20.2. The zero-order valence-electron chi connectivity index (χ0n) is 19.4. The number of allylic oxidation sites excluding steroid dienone is 2. The molecular weight excluding hydrogens is 466 g/mol. The largest absolute Gasteiger partial charge is 0.496 e. The number of nitrogens with zero attached hydrogens (tertiary/aromatic N) is 3. The molecule has 2 aromatic carbocycles. The highest BCUT2D eigenvalue weighted by atomic mass is 35.5. The number of amides is 3. The molecule has 0 saturated carbocycles. The fraction of sp³-hybridized carbons (Fsp3) is 0.269. The van der Waals surface area contributed by atoms with Crippen molar-refractivity contribution in [3.63, 3.8) is 0 Å². The van der Waals surface area contributed by atoms with Crippen LogP contribution in [0.2, 0.25) is 5.02 Å². The summed E-state index contributed by atoms with van der Waals surface area (Å²) in [7, 11) is 1.51. The first kappa shape index (κ1) is 24.3. The maximum absolute atomic E-state index is 13.7. The number of anilines is 1. The maximum atomic E-state index is 13.7. The zero-order chi connectivity index (χ0) is 24.8. The Hall–Kier alpha value is -3.78. The number of rotatable bonds is 7. The van der Waals surface area contributed by atoms with Crippen LogP contribution in [0.3, 0.4) is 0 Å². The van der Waals surface area contributed by atoms with E-state index in [1.807, 2.05) is 24.3 Å². The first-order valence-electron chi connectivity index (χ1n) is 11.4. The van der Waals surface area contributed by atoms with Crippen molar-refractivity contribution in [1.82, 2.24) is 10.3 Å². The van der Waals surface area contributed by atoms with Gasteiger partial charge in [0.25, 0.3) is 0 Å². The monoisotopic (exact) mass is 493 g/mol. The van der Waals surface area contributed by atoms with E-state index >= 15 is 0 Å². The lowest BCUT2D eigenvalue weighted by atomic mass is 10.0. The second-order valence-electron chi connectivity index (χ2n) is 8.27. The Balaban J connectivity index is 1.62. The van der Waals surface area contributed by atoms with Gasteiger partial charge in [0.2, 0.25) is 5.91 Å². The van der Waals surface area contributed by atoms with Gasteiger partial charge in [-0.15, -0.1) is 0 Å². The summed E-state index contributed by atoms with van der Waals surface area (Å²) in [6, 6.07) is 11.4. The SMILES string of the molecule is COc1ccccc1C(C(=O)NC1C=CC(=NN2CCCC2)C=C1)N(C(N)=O)c1ccc(Cl)cc1. The molecule has 1 saturated heterocycles. The number of nitrogens with one attached hydrogen (secondary N) is 1. The molecular formula is C26H28ClN5O3. The maximum Gasteiger partial charge on any atom is 0.320 e. The molecule has 1 unspecified atom stereocenters. The van der Waals surface area contributed by atoms with Crippen molar-refractivity contribution in [2.75, 3.05) is 25.1 Å². The highest BCUT2D eigenvalue weighted by molar-refractivity contribution is 6.30. The molecule has 4 rings (SSSR count). The molecule has 182 valence electrons. The van der Waals surface area contributed by atoms with Gasteiger partial charge in [-0.25, -0.2) is 4.79 Å². The first-order valence-corrected chi connectivity index (χ1v) is 11.8. The van der Waals surface area contributed by atoms with Crippen LogP contribution in [0.25, 0.3) is 0 Å². The van der Waals surface area contributed by atoms with E-state index in [4.69, 9.17) is 22.1 Å². The summed E-state index contributed by atoms with van der Waals surface area (Å²) in [4.78, 5) is 27.6. The molecule has 0 spiro atoms. The van der Waals surface area contributed by atoms with Gasteiger partial charge < -0.3 is 15.8 Å². The first-order chi connectivity index (χ1) is 17.0. The number of benzene rings is 2. The minimum Gasteiger partial charge on any atom is -0.496 e. The molecule has 0 radical (unpaired) electrons. The van der Waals surface area contributed by atoms with E-state index in [2.05, 4.69) is 15.4 Å². The molecule has 1 aliphatic heterocycles. The number of hydrogen-bond acceptors (Lipinski definition) is 5. The Morgan fingerprint density at radius 2 is 1.77 bits per heavy atom. The van der Waals surface area contributed by atoms with Gasteiger partial charge in [0.15, 0.2) is 0 Å². The van der Waals surface area contributed by atoms with Gasteiger partial charge >= 0.3 is 6.03 Å². The van der Waals surface area contributed by atoms with Crippen LogP contribution in [0.5, 0.6) is 5.75 Å². The standard InChI is InChI=1S/C26H28ClN5O3/c1-35-23-7-3-2-6-22(23)24(32(26(28)34)21-14-8-18(27)9-15-21)25(33)29-19-10-12-20(13-11-19)30-31-16-4-5-17-31/h2-3,6-15,19,24H,4-5,16-17H2,1H3,(H2,28,34)(H,29,33). The molecule has 2 aliphatic rings. The number of primary amides is 1. The summed E-state index contributed by atoms with van der Waals surface area (Å²) in [5.41, 5.74) is 7.55.